The molecule has 0 radical (unpaired) electrons. The number of halogens is 1. The maximum absolute atomic E-state index is 12.8. The third-order valence-electron chi connectivity index (χ3n) is 4.20. The van der Waals surface area contributed by atoms with Crippen molar-refractivity contribution in [1.29, 1.82) is 0 Å². The summed E-state index contributed by atoms with van der Waals surface area (Å²) in [5, 5.41) is 8.55. The van der Waals surface area contributed by atoms with E-state index in [0.717, 1.165) is 35.3 Å². The summed E-state index contributed by atoms with van der Waals surface area (Å²) >= 11 is 5.83. The highest BCUT2D eigenvalue weighted by atomic mass is 35.5. The molecule has 0 unspecified atom stereocenters. The molecule has 24 heavy (non-hydrogen) atoms. The van der Waals surface area contributed by atoms with Gasteiger partial charge in [0.1, 0.15) is 5.82 Å². The number of pyridine rings is 2. The lowest BCUT2D eigenvalue weighted by Crippen LogP contribution is -2.14. The Kier molecular flexibility index (Phi) is 3.49. The quantitative estimate of drug-likeness (QED) is 0.791. The van der Waals surface area contributed by atoms with Crippen LogP contribution in [0.3, 0.4) is 0 Å². The normalized spacial score (nSPS) is 14.1. The van der Waals surface area contributed by atoms with Crippen LogP contribution in [0.25, 0.3) is 11.0 Å². The predicted octanol–water partition coefficient (Wildman–Crippen LogP) is 3.45. The SMILES string of the molecule is Cc1nn(C)c2nc(C3CC3)cc(C(=O)Nc3ccc(Cl)cn3)c12. The van der Waals surface area contributed by atoms with E-state index >= 15 is 0 Å². The molecule has 6 nitrogen and oxygen atoms in total. The van der Waals surface area contributed by atoms with Crippen molar-refractivity contribution >= 4 is 34.4 Å². The number of aromatic nitrogens is 4. The fourth-order valence-electron chi connectivity index (χ4n) is 2.86. The number of anilines is 1. The van der Waals surface area contributed by atoms with E-state index in [4.69, 9.17) is 16.6 Å². The van der Waals surface area contributed by atoms with E-state index in [1.807, 2.05) is 20.0 Å². The topological polar surface area (TPSA) is 72.7 Å². The average Bonchev–Trinajstić information content (AvgIpc) is 3.36. The molecule has 0 atom stereocenters. The van der Waals surface area contributed by atoms with Gasteiger partial charge in [-0.2, -0.15) is 5.10 Å². The summed E-state index contributed by atoms with van der Waals surface area (Å²) in [6.45, 7) is 1.89. The summed E-state index contributed by atoms with van der Waals surface area (Å²) in [7, 11) is 1.85. The maximum atomic E-state index is 12.8. The van der Waals surface area contributed by atoms with Gasteiger partial charge >= 0.3 is 0 Å². The van der Waals surface area contributed by atoms with Crippen LogP contribution >= 0.6 is 11.6 Å². The minimum atomic E-state index is -0.213. The number of rotatable bonds is 3. The third-order valence-corrected chi connectivity index (χ3v) is 4.42. The van der Waals surface area contributed by atoms with Crippen molar-refractivity contribution < 1.29 is 4.79 Å². The molecular weight excluding hydrogens is 326 g/mol. The van der Waals surface area contributed by atoms with Gasteiger partial charge in [-0.05, 0) is 38.0 Å². The molecule has 0 aliphatic heterocycles. The molecule has 7 heteroatoms. The number of aryl methyl sites for hydroxylation is 2. The minimum absolute atomic E-state index is 0.213. The highest BCUT2D eigenvalue weighted by molar-refractivity contribution is 6.30. The minimum Gasteiger partial charge on any atom is -0.307 e. The van der Waals surface area contributed by atoms with Gasteiger partial charge in [0, 0.05) is 24.9 Å². The Labute approximate surface area is 143 Å². The number of hydrogen-bond donors (Lipinski definition) is 1. The van der Waals surface area contributed by atoms with Crippen LogP contribution in [0, 0.1) is 6.92 Å². The third kappa shape index (κ3) is 2.63. The predicted molar refractivity (Wildman–Crippen MR) is 92.4 cm³/mol. The molecule has 122 valence electrons. The van der Waals surface area contributed by atoms with Crippen LogP contribution in [0.5, 0.6) is 0 Å². The summed E-state index contributed by atoms with van der Waals surface area (Å²) in [4.78, 5) is 21.6. The Hall–Kier alpha value is -2.47. The van der Waals surface area contributed by atoms with Crippen LogP contribution < -0.4 is 5.32 Å². The lowest BCUT2D eigenvalue weighted by atomic mass is 10.1. The van der Waals surface area contributed by atoms with Crippen LogP contribution in [0.1, 0.15) is 40.5 Å². The summed E-state index contributed by atoms with van der Waals surface area (Å²) in [5.41, 5.74) is 3.08. The second kappa shape index (κ2) is 5.56. The van der Waals surface area contributed by atoms with Crippen molar-refractivity contribution in [2.24, 2.45) is 7.05 Å². The highest BCUT2D eigenvalue weighted by Crippen LogP contribution is 2.40. The van der Waals surface area contributed by atoms with E-state index in [1.165, 1.54) is 6.20 Å². The molecule has 0 spiro atoms. The summed E-state index contributed by atoms with van der Waals surface area (Å²) in [6.07, 6.45) is 3.74. The van der Waals surface area contributed by atoms with Crippen molar-refractivity contribution in [2.45, 2.75) is 25.7 Å². The molecular formula is C17H16ClN5O. The van der Waals surface area contributed by atoms with Crippen LogP contribution in [-0.2, 0) is 7.05 Å². The number of hydrogen-bond acceptors (Lipinski definition) is 4. The first-order chi connectivity index (χ1) is 11.5. The summed E-state index contributed by atoms with van der Waals surface area (Å²) in [6, 6.07) is 5.26. The molecule has 4 rings (SSSR count). The largest absolute Gasteiger partial charge is 0.307 e. The van der Waals surface area contributed by atoms with E-state index in [1.54, 1.807) is 16.8 Å². The standard InChI is InChI=1S/C17H16ClN5O/c1-9-15-12(17(24)21-14-6-5-11(18)8-19-14)7-13(10-3-4-10)20-16(15)23(2)22-9/h5-8,10H,3-4H2,1-2H3,(H,19,21,24). The van der Waals surface area contributed by atoms with Crippen LogP contribution in [0.15, 0.2) is 24.4 Å². The van der Waals surface area contributed by atoms with Gasteiger partial charge in [0.15, 0.2) is 5.65 Å². The first-order valence-electron chi connectivity index (χ1n) is 7.80. The van der Waals surface area contributed by atoms with Crippen LogP contribution in [-0.4, -0.2) is 25.7 Å². The van der Waals surface area contributed by atoms with Gasteiger partial charge in [-0.1, -0.05) is 11.6 Å². The Bertz CT molecular complexity index is 944. The van der Waals surface area contributed by atoms with E-state index in [0.29, 0.717) is 22.3 Å². The molecule has 1 saturated carbocycles. The number of nitrogens with one attached hydrogen (secondary N) is 1. The Morgan fingerprint density at radius 2 is 2.17 bits per heavy atom. The lowest BCUT2D eigenvalue weighted by Gasteiger charge is -2.08. The number of amides is 1. The van der Waals surface area contributed by atoms with Gasteiger partial charge in [-0.3, -0.25) is 9.48 Å². The molecule has 1 amide bonds. The van der Waals surface area contributed by atoms with Gasteiger partial charge in [-0.25, -0.2) is 9.97 Å². The molecule has 3 heterocycles. The Balaban J connectivity index is 1.79. The molecule has 0 saturated heterocycles. The Morgan fingerprint density at radius 1 is 1.38 bits per heavy atom. The summed E-state index contributed by atoms with van der Waals surface area (Å²) < 4.78 is 1.73. The molecule has 1 fully saturated rings. The van der Waals surface area contributed by atoms with E-state index in [2.05, 4.69) is 15.4 Å². The molecule has 1 N–H and O–H groups in total. The van der Waals surface area contributed by atoms with Crippen molar-refractivity contribution in [3.05, 3.63) is 46.4 Å². The first-order valence-corrected chi connectivity index (χ1v) is 8.18. The second-order valence-electron chi connectivity index (χ2n) is 6.09. The zero-order chi connectivity index (χ0) is 16.8. The average molecular weight is 342 g/mol. The van der Waals surface area contributed by atoms with Gasteiger partial charge in [0.25, 0.3) is 5.91 Å². The van der Waals surface area contributed by atoms with E-state index < -0.39 is 0 Å². The van der Waals surface area contributed by atoms with Crippen molar-refractivity contribution in [3.8, 4) is 0 Å². The molecule has 1 aliphatic rings. The number of nitrogens with zero attached hydrogens (tertiary/aromatic N) is 4. The van der Waals surface area contributed by atoms with E-state index in [-0.39, 0.29) is 5.91 Å². The zero-order valence-electron chi connectivity index (χ0n) is 13.4. The first kappa shape index (κ1) is 15.1. The van der Waals surface area contributed by atoms with Gasteiger partial charge in [-0.15, -0.1) is 0 Å². The monoisotopic (exact) mass is 341 g/mol. The van der Waals surface area contributed by atoms with Gasteiger partial charge in [0.2, 0.25) is 0 Å². The van der Waals surface area contributed by atoms with E-state index in [9.17, 15) is 4.79 Å². The smallest absolute Gasteiger partial charge is 0.257 e. The van der Waals surface area contributed by atoms with Gasteiger partial charge in [0.05, 0.1) is 21.7 Å². The van der Waals surface area contributed by atoms with Crippen molar-refractivity contribution in [3.63, 3.8) is 0 Å². The van der Waals surface area contributed by atoms with Crippen LogP contribution in [0.4, 0.5) is 5.82 Å². The van der Waals surface area contributed by atoms with Crippen LogP contribution in [0.2, 0.25) is 5.02 Å². The number of carbonyl (C=O) groups excluding carboxylic acids is 1. The maximum Gasteiger partial charge on any atom is 0.257 e. The zero-order valence-corrected chi connectivity index (χ0v) is 14.1. The molecule has 0 bridgehead atoms. The van der Waals surface area contributed by atoms with Crippen molar-refractivity contribution in [2.75, 3.05) is 5.32 Å². The Morgan fingerprint density at radius 3 is 2.83 bits per heavy atom. The molecule has 3 aromatic rings. The number of fused-ring (bicyclic) bond motifs is 1. The summed E-state index contributed by atoms with van der Waals surface area (Å²) in [5.74, 6) is 0.698. The molecule has 3 aromatic heterocycles. The molecule has 0 aromatic carbocycles. The second-order valence-corrected chi connectivity index (χ2v) is 6.53. The number of carbonyl (C=O) groups is 1. The molecule has 1 aliphatic carbocycles. The lowest BCUT2D eigenvalue weighted by molar-refractivity contribution is 0.102. The highest BCUT2D eigenvalue weighted by Gasteiger charge is 2.28. The fraction of sp³-hybridized carbons (Fsp3) is 0.294. The van der Waals surface area contributed by atoms with Gasteiger partial charge < -0.3 is 5.32 Å². The van der Waals surface area contributed by atoms with Crippen molar-refractivity contribution in [1.82, 2.24) is 19.7 Å². The fourth-order valence-corrected chi connectivity index (χ4v) is 2.98.